The third kappa shape index (κ3) is 5.47. The van der Waals surface area contributed by atoms with Crippen LogP contribution >= 0.6 is 11.6 Å². The van der Waals surface area contributed by atoms with Gasteiger partial charge in [0.2, 0.25) is 5.95 Å². The van der Waals surface area contributed by atoms with E-state index in [0.717, 1.165) is 11.1 Å². The van der Waals surface area contributed by atoms with E-state index in [1.165, 1.54) is 6.33 Å². The number of halogens is 1. The number of nitrogens with zero attached hydrogens (tertiary/aromatic N) is 6. The standard InChI is InChI=1S/C22H22ClN7O3/c1-14(12-30-13-26-28-29-30)33-21-8-15(4-6-18(21)23)16-10-24-22(25-11-16)27-19-9-17(31-2)5-7-20(19)32-3/h4-11,13-14H,12H2,1-3H3,(H,24,25,27)/t14-/m0/s1. The molecule has 0 saturated carbocycles. The molecule has 170 valence electrons. The fourth-order valence-corrected chi connectivity index (χ4v) is 3.29. The SMILES string of the molecule is COc1ccc(OC)c(Nc2ncc(-c3ccc(Cl)c(O[C@@H](C)Cn4cnnn4)c3)cn2)c1. The first-order valence-corrected chi connectivity index (χ1v) is 10.4. The normalized spacial score (nSPS) is 11.6. The van der Waals surface area contributed by atoms with Gasteiger partial charge in [-0.3, -0.25) is 0 Å². The van der Waals surface area contributed by atoms with Crippen LogP contribution in [0.2, 0.25) is 5.02 Å². The number of benzene rings is 2. The summed E-state index contributed by atoms with van der Waals surface area (Å²) in [6.07, 6.45) is 4.78. The van der Waals surface area contributed by atoms with Gasteiger partial charge in [0.05, 0.1) is 31.5 Å². The van der Waals surface area contributed by atoms with Crippen molar-refractivity contribution >= 4 is 23.2 Å². The summed E-state index contributed by atoms with van der Waals surface area (Å²) in [5, 5.41) is 14.8. The molecule has 0 amide bonds. The summed E-state index contributed by atoms with van der Waals surface area (Å²) < 4.78 is 18.3. The van der Waals surface area contributed by atoms with Gasteiger partial charge in [0, 0.05) is 24.0 Å². The van der Waals surface area contributed by atoms with Crippen molar-refractivity contribution in [3.05, 3.63) is 60.1 Å². The van der Waals surface area contributed by atoms with Crippen molar-refractivity contribution in [3.8, 4) is 28.4 Å². The van der Waals surface area contributed by atoms with Crippen LogP contribution in [-0.4, -0.2) is 50.5 Å². The van der Waals surface area contributed by atoms with E-state index in [-0.39, 0.29) is 6.10 Å². The van der Waals surface area contributed by atoms with Gasteiger partial charge in [-0.05, 0) is 47.2 Å². The largest absolute Gasteiger partial charge is 0.497 e. The van der Waals surface area contributed by atoms with Crippen LogP contribution in [0, 0.1) is 0 Å². The monoisotopic (exact) mass is 467 g/mol. The Bertz CT molecular complexity index is 1200. The van der Waals surface area contributed by atoms with E-state index in [4.69, 9.17) is 25.8 Å². The molecule has 2 aromatic heterocycles. The smallest absolute Gasteiger partial charge is 0.227 e. The fourth-order valence-electron chi connectivity index (χ4n) is 3.13. The first-order chi connectivity index (χ1) is 16.1. The van der Waals surface area contributed by atoms with Crippen molar-refractivity contribution in [1.29, 1.82) is 0 Å². The second kappa shape index (κ2) is 10.1. The lowest BCUT2D eigenvalue weighted by molar-refractivity contribution is 0.193. The first kappa shape index (κ1) is 22.3. The fraction of sp³-hybridized carbons (Fsp3) is 0.227. The van der Waals surface area contributed by atoms with Crippen LogP contribution in [0.3, 0.4) is 0 Å². The molecule has 0 aliphatic heterocycles. The molecule has 0 spiro atoms. The maximum atomic E-state index is 6.34. The molecule has 10 nitrogen and oxygen atoms in total. The molecule has 0 saturated heterocycles. The van der Waals surface area contributed by atoms with Crippen LogP contribution in [0.1, 0.15) is 6.92 Å². The highest BCUT2D eigenvalue weighted by Crippen LogP contribution is 2.33. The van der Waals surface area contributed by atoms with Crippen molar-refractivity contribution in [3.63, 3.8) is 0 Å². The average Bonchev–Trinajstić information content (AvgIpc) is 3.34. The molecule has 0 radical (unpaired) electrons. The molecule has 2 heterocycles. The number of aromatic nitrogens is 6. The third-order valence-corrected chi connectivity index (χ3v) is 5.05. The Labute approximate surface area is 195 Å². The maximum absolute atomic E-state index is 6.34. The predicted octanol–water partition coefficient (Wildman–Crippen LogP) is 4.01. The minimum absolute atomic E-state index is 0.193. The van der Waals surface area contributed by atoms with Crippen LogP contribution in [0.4, 0.5) is 11.6 Å². The highest BCUT2D eigenvalue weighted by atomic mass is 35.5. The molecule has 0 unspecified atom stereocenters. The summed E-state index contributed by atoms with van der Waals surface area (Å²) in [5.74, 6) is 2.32. The van der Waals surface area contributed by atoms with E-state index < -0.39 is 0 Å². The lowest BCUT2D eigenvalue weighted by atomic mass is 10.1. The van der Waals surface area contributed by atoms with Crippen LogP contribution in [0.25, 0.3) is 11.1 Å². The number of tetrazole rings is 1. The Morgan fingerprint density at radius 2 is 1.82 bits per heavy atom. The Morgan fingerprint density at radius 1 is 1.00 bits per heavy atom. The molecular formula is C22H22ClN7O3. The number of rotatable bonds is 9. The molecular weight excluding hydrogens is 446 g/mol. The van der Waals surface area contributed by atoms with Gasteiger partial charge in [0.15, 0.2) is 0 Å². The van der Waals surface area contributed by atoms with Gasteiger partial charge in [0.1, 0.15) is 29.7 Å². The summed E-state index contributed by atoms with van der Waals surface area (Å²) in [6.45, 7) is 2.41. The van der Waals surface area contributed by atoms with E-state index in [2.05, 4.69) is 30.8 Å². The minimum Gasteiger partial charge on any atom is -0.497 e. The number of ether oxygens (including phenoxy) is 3. The Hall–Kier alpha value is -3.92. The van der Waals surface area contributed by atoms with Crippen LogP contribution in [0.15, 0.2) is 55.1 Å². The van der Waals surface area contributed by atoms with E-state index >= 15 is 0 Å². The zero-order valence-corrected chi connectivity index (χ0v) is 19.0. The van der Waals surface area contributed by atoms with E-state index in [1.807, 2.05) is 37.3 Å². The molecule has 1 N–H and O–H groups in total. The number of methoxy groups -OCH3 is 2. The first-order valence-electron chi connectivity index (χ1n) is 10.0. The van der Waals surface area contributed by atoms with E-state index in [0.29, 0.717) is 40.5 Å². The Morgan fingerprint density at radius 3 is 2.52 bits per heavy atom. The molecule has 2 aromatic carbocycles. The maximum Gasteiger partial charge on any atom is 0.227 e. The predicted molar refractivity (Wildman–Crippen MR) is 123 cm³/mol. The van der Waals surface area contributed by atoms with Gasteiger partial charge < -0.3 is 19.5 Å². The van der Waals surface area contributed by atoms with Crippen molar-refractivity contribution in [2.75, 3.05) is 19.5 Å². The topological polar surface area (TPSA) is 109 Å². The van der Waals surface area contributed by atoms with Crippen molar-refractivity contribution < 1.29 is 14.2 Å². The summed E-state index contributed by atoms with van der Waals surface area (Å²) in [6, 6.07) is 11.0. The second-order valence-corrected chi connectivity index (χ2v) is 7.50. The molecule has 1 atom stereocenters. The van der Waals surface area contributed by atoms with Gasteiger partial charge in [-0.25, -0.2) is 14.6 Å². The van der Waals surface area contributed by atoms with Crippen LogP contribution < -0.4 is 19.5 Å². The van der Waals surface area contributed by atoms with Gasteiger partial charge >= 0.3 is 0 Å². The van der Waals surface area contributed by atoms with Crippen LogP contribution in [-0.2, 0) is 6.54 Å². The Kier molecular flexibility index (Phi) is 6.84. The minimum atomic E-state index is -0.193. The van der Waals surface area contributed by atoms with Crippen molar-refractivity contribution in [2.24, 2.45) is 0 Å². The summed E-state index contributed by atoms with van der Waals surface area (Å²) in [7, 11) is 3.20. The van der Waals surface area contributed by atoms with Gasteiger partial charge in [-0.1, -0.05) is 17.7 Å². The number of nitrogens with one attached hydrogen (secondary N) is 1. The van der Waals surface area contributed by atoms with Crippen LogP contribution in [0.5, 0.6) is 17.2 Å². The molecule has 4 rings (SSSR count). The zero-order valence-electron chi connectivity index (χ0n) is 18.3. The van der Waals surface area contributed by atoms with Crippen molar-refractivity contribution in [2.45, 2.75) is 19.6 Å². The number of anilines is 2. The second-order valence-electron chi connectivity index (χ2n) is 7.09. The summed E-state index contributed by atoms with van der Waals surface area (Å²) in [4.78, 5) is 8.85. The number of hydrogen-bond acceptors (Lipinski definition) is 9. The summed E-state index contributed by atoms with van der Waals surface area (Å²) >= 11 is 6.34. The molecule has 0 aliphatic rings. The summed E-state index contributed by atoms with van der Waals surface area (Å²) in [5.41, 5.74) is 2.38. The molecule has 0 fully saturated rings. The Balaban J connectivity index is 1.49. The molecule has 0 aliphatic carbocycles. The molecule has 0 bridgehead atoms. The van der Waals surface area contributed by atoms with Crippen molar-refractivity contribution in [1.82, 2.24) is 30.2 Å². The van der Waals surface area contributed by atoms with Gasteiger partial charge in [0.25, 0.3) is 0 Å². The highest BCUT2D eigenvalue weighted by molar-refractivity contribution is 6.32. The van der Waals surface area contributed by atoms with E-state index in [1.54, 1.807) is 37.4 Å². The quantitative estimate of drug-likeness (QED) is 0.390. The van der Waals surface area contributed by atoms with Gasteiger partial charge in [-0.2, -0.15) is 0 Å². The number of hydrogen-bond donors (Lipinski definition) is 1. The molecule has 4 aromatic rings. The average molecular weight is 468 g/mol. The van der Waals surface area contributed by atoms with Gasteiger partial charge in [-0.15, -0.1) is 5.10 Å². The molecule has 11 heteroatoms. The van der Waals surface area contributed by atoms with E-state index in [9.17, 15) is 0 Å². The molecule has 33 heavy (non-hydrogen) atoms. The lowest BCUT2D eigenvalue weighted by Gasteiger charge is -2.16. The highest BCUT2D eigenvalue weighted by Gasteiger charge is 2.12. The third-order valence-electron chi connectivity index (χ3n) is 4.73. The lowest BCUT2D eigenvalue weighted by Crippen LogP contribution is -2.20. The zero-order chi connectivity index (χ0) is 23.2.